The zero-order valence-electron chi connectivity index (χ0n) is 12.2. The first-order valence-corrected chi connectivity index (χ1v) is 7.78. The Labute approximate surface area is 122 Å². The second-order valence-corrected chi connectivity index (χ2v) is 5.90. The summed E-state index contributed by atoms with van der Waals surface area (Å²) in [6.45, 7) is 5.53. The molecule has 0 radical (unpaired) electrons. The monoisotopic (exact) mass is 280 g/mol. The summed E-state index contributed by atoms with van der Waals surface area (Å²) in [6.07, 6.45) is 5.15. The van der Waals surface area contributed by atoms with E-state index in [1.165, 1.54) is 36.9 Å². The van der Waals surface area contributed by atoms with Crippen LogP contribution in [0.4, 0.5) is 5.69 Å². The van der Waals surface area contributed by atoms with E-state index in [4.69, 9.17) is 11.6 Å². The molecule has 0 bridgehead atoms. The normalized spacial score (nSPS) is 16.4. The molecule has 1 aromatic rings. The summed E-state index contributed by atoms with van der Waals surface area (Å²) in [7, 11) is 1.96. The van der Waals surface area contributed by atoms with E-state index in [0.29, 0.717) is 6.04 Å². The van der Waals surface area contributed by atoms with Crippen molar-refractivity contribution in [3.05, 3.63) is 28.8 Å². The Bertz CT molecular complexity index is 415. The highest BCUT2D eigenvalue weighted by molar-refractivity contribution is 6.31. The molecule has 2 nitrogen and oxygen atoms in total. The minimum absolute atomic E-state index is 0.298. The number of unbranched alkanes of at least 4 members (excludes halogenated alkanes) is 1. The molecule has 1 unspecified atom stereocenters. The number of benzene rings is 1. The first-order valence-electron chi connectivity index (χ1n) is 7.40. The Morgan fingerprint density at radius 3 is 2.68 bits per heavy atom. The maximum absolute atomic E-state index is 6.44. The lowest BCUT2D eigenvalue weighted by molar-refractivity contribution is 0.652. The van der Waals surface area contributed by atoms with Gasteiger partial charge in [-0.05, 0) is 50.9 Å². The first kappa shape index (κ1) is 14.7. The fourth-order valence-corrected chi connectivity index (χ4v) is 2.78. The predicted octanol–water partition coefficient (Wildman–Crippen LogP) is 4.39. The van der Waals surface area contributed by atoms with Crippen molar-refractivity contribution < 1.29 is 0 Å². The van der Waals surface area contributed by atoms with E-state index in [-0.39, 0.29) is 0 Å². The van der Waals surface area contributed by atoms with Gasteiger partial charge in [-0.25, -0.2) is 0 Å². The molecule has 1 aromatic carbocycles. The molecule has 1 N–H and O–H groups in total. The number of rotatable bonds is 7. The topological polar surface area (TPSA) is 15.3 Å². The fraction of sp³-hybridized carbons (Fsp3) is 0.625. The van der Waals surface area contributed by atoms with Crippen LogP contribution in [0.1, 0.15) is 51.1 Å². The number of halogens is 1. The maximum atomic E-state index is 6.44. The number of hydrogen-bond acceptors (Lipinski definition) is 2. The molecule has 1 aliphatic rings. The first-order chi connectivity index (χ1) is 9.17. The number of nitrogens with zero attached hydrogens (tertiary/aromatic N) is 1. The maximum Gasteiger partial charge on any atom is 0.0474 e. The third kappa shape index (κ3) is 3.64. The van der Waals surface area contributed by atoms with Crippen LogP contribution in [0.2, 0.25) is 5.02 Å². The van der Waals surface area contributed by atoms with Crippen molar-refractivity contribution >= 4 is 17.3 Å². The summed E-state index contributed by atoms with van der Waals surface area (Å²) in [5.41, 5.74) is 2.46. The molecule has 1 fully saturated rings. The highest BCUT2D eigenvalue weighted by Crippen LogP contribution is 2.35. The molecule has 2 rings (SSSR count). The van der Waals surface area contributed by atoms with Gasteiger partial charge in [0.2, 0.25) is 0 Å². The number of anilines is 1. The van der Waals surface area contributed by atoms with Crippen LogP contribution >= 0.6 is 11.6 Å². The van der Waals surface area contributed by atoms with Gasteiger partial charge in [-0.2, -0.15) is 0 Å². The van der Waals surface area contributed by atoms with Gasteiger partial charge in [0.25, 0.3) is 0 Å². The minimum atomic E-state index is 0.298. The predicted molar refractivity (Wildman–Crippen MR) is 84.2 cm³/mol. The SMILES string of the molecule is CCCCN(c1ccc(C(C)NC)c(Cl)c1)C1CC1. The molecular weight excluding hydrogens is 256 g/mol. The molecule has 1 saturated carbocycles. The van der Waals surface area contributed by atoms with Crippen LogP contribution in [0.5, 0.6) is 0 Å². The van der Waals surface area contributed by atoms with Crippen molar-refractivity contribution in [2.75, 3.05) is 18.5 Å². The molecule has 0 spiro atoms. The van der Waals surface area contributed by atoms with Gasteiger partial charge in [0.15, 0.2) is 0 Å². The van der Waals surface area contributed by atoms with Crippen molar-refractivity contribution in [2.24, 2.45) is 0 Å². The summed E-state index contributed by atoms with van der Waals surface area (Å²) in [5, 5.41) is 4.12. The Hall–Kier alpha value is -0.730. The van der Waals surface area contributed by atoms with E-state index in [2.05, 4.69) is 42.3 Å². The van der Waals surface area contributed by atoms with Gasteiger partial charge in [0.05, 0.1) is 0 Å². The zero-order chi connectivity index (χ0) is 13.8. The van der Waals surface area contributed by atoms with Gasteiger partial charge in [-0.3, -0.25) is 0 Å². The molecule has 1 atom stereocenters. The van der Waals surface area contributed by atoms with Crippen molar-refractivity contribution in [1.29, 1.82) is 0 Å². The molecule has 0 aliphatic heterocycles. The summed E-state index contributed by atoms with van der Waals surface area (Å²) >= 11 is 6.44. The van der Waals surface area contributed by atoms with Crippen LogP contribution in [-0.4, -0.2) is 19.6 Å². The second kappa shape index (κ2) is 6.62. The van der Waals surface area contributed by atoms with Crippen LogP contribution in [0.25, 0.3) is 0 Å². The Kier molecular flexibility index (Phi) is 5.12. The minimum Gasteiger partial charge on any atom is -0.369 e. The van der Waals surface area contributed by atoms with E-state index >= 15 is 0 Å². The third-order valence-corrected chi connectivity index (χ3v) is 4.28. The fourth-order valence-electron chi connectivity index (χ4n) is 2.44. The van der Waals surface area contributed by atoms with Gasteiger partial charge in [0.1, 0.15) is 0 Å². The highest BCUT2D eigenvalue weighted by atomic mass is 35.5. The Morgan fingerprint density at radius 1 is 1.42 bits per heavy atom. The molecular formula is C16H25ClN2. The second-order valence-electron chi connectivity index (χ2n) is 5.49. The lowest BCUT2D eigenvalue weighted by Gasteiger charge is -2.25. The summed E-state index contributed by atoms with van der Waals surface area (Å²) in [4.78, 5) is 2.53. The smallest absolute Gasteiger partial charge is 0.0474 e. The van der Waals surface area contributed by atoms with Crippen molar-refractivity contribution in [3.63, 3.8) is 0 Å². The highest BCUT2D eigenvalue weighted by Gasteiger charge is 2.29. The van der Waals surface area contributed by atoms with Crippen LogP contribution in [0.15, 0.2) is 18.2 Å². The van der Waals surface area contributed by atoms with E-state index in [0.717, 1.165) is 17.6 Å². The molecule has 106 valence electrons. The third-order valence-electron chi connectivity index (χ3n) is 3.96. The van der Waals surface area contributed by atoms with Crippen molar-refractivity contribution in [2.45, 2.75) is 51.6 Å². The number of hydrogen-bond donors (Lipinski definition) is 1. The van der Waals surface area contributed by atoms with Crippen LogP contribution in [0, 0.1) is 0 Å². The largest absolute Gasteiger partial charge is 0.369 e. The van der Waals surface area contributed by atoms with Gasteiger partial charge >= 0.3 is 0 Å². The van der Waals surface area contributed by atoms with E-state index in [9.17, 15) is 0 Å². The summed E-state index contributed by atoms with van der Waals surface area (Å²) in [5.74, 6) is 0. The van der Waals surface area contributed by atoms with E-state index in [1.54, 1.807) is 0 Å². The van der Waals surface area contributed by atoms with Crippen molar-refractivity contribution in [1.82, 2.24) is 5.32 Å². The lowest BCUT2D eigenvalue weighted by Crippen LogP contribution is -2.26. The average Bonchev–Trinajstić information content (AvgIpc) is 3.23. The van der Waals surface area contributed by atoms with Gasteiger partial charge in [0, 0.05) is 29.3 Å². The molecule has 0 aromatic heterocycles. The van der Waals surface area contributed by atoms with Gasteiger partial charge in [-0.1, -0.05) is 31.0 Å². The van der Waals surface area contributed by atoms with Gasteiger partial charge < -0.3 is 10.2 Å². The molecule has 0 heterocycles. The zero-order valence-corrected chi connectivity index (χ0v) is 13.0. The standard InChI is InChI=1S/C16H25ClN2/c1-4-5-10-19(13-6-7-13)14-8-9-15(12(2)18-3)16(17)11-14/h8-9,11-13,18H,4-7,10H2,1-3H3. The van der Waals surface area contributed by atoms with Crippen LogP contribution in [0.3, 0.4) is 0 Å². The van der Waals surface area contributed by atoms with E-state index in [1.807, 2.05) is 7.05 Å². The summed E-state index contributed by atoms with van der Waals surface area (Å²) in [6, 6.07) is 7.57. The molecule has 19 heavy (non-hydrogen) atoms. The molecule has 1 aliphatic carbocycles. The quantitative estimate of drug-likeness (QED) is 0.797. The number of nitrogens with one attached hydrogen (secondary N) is 1. The molecule has 0 amide bonds. The van der Waals surface area contributed by atoms with Crippen molar-refractivity contribution in [3.8, 4) is 0 Å². The van der Waals surface area contributed by atoms with E-state index < -0.39 is 0 Å². The van der Waals surface area contributed by atoms with Crippen LogP contribution < -0.4 is 10.2 Å². The average molecular weight is 281 g/mol. The molecule has 3 heteroatoms. The Balaban J connectivity index is 2.16. The molecule has 0 saturated heterocycles. The van der Waals surface area contributed by atoms with Crippen LogP contribution in [-0.2, 0) is 0 Å². The lowest BCUT2D eigenvalue weighted by atomic mass is 10.1. The van der Waals surface area contributed by atoms with Gasteiger partial charge in [-0.15, -0.1) is 0 Å². The Morgan fingerprint density at radius 2 is 2.16 bits per heavy atom. The summed E-state index contributed by atoms with van der Waals surface area (Å²) < 4.78 is 0.